The Bertz CT molecular complexity index is 534. The van der Waals surface area contributed by atoms with Gasteiger partial charge in [-0.15, -0.1) is 0 Å². The van der Waals surface area contributed by atoms with Crippen LogP contribution in [0.4, 0.5) is 0 Å². The Labute approximate surface area is 118 Å². The van der Waals surface area contributed by atoms with Gasteiger partial charge in [0.25, 0.3) is 0 Å². The summed E-state index contributed by atoms with van der Waals surface area (Å²) in [6.07, 6.45) is 2.34. The number of carbonyl (C=O) groups excluding carboxylic acids is 2. The molecule has 106 valence electrons. The van der Waals surface area contributed by atoms with Gasteiger partial charge in [0.2, 0.25) is 11.8 Å². The number of carbonyl (C=O) groups is 2. The van der Waals surface area contributed by atoms with Crippen LogP contribution in [0.25, 0.3) is 0 Å². The molecule has 1 N–H and O–H groups in total. The summed E-state index contributed by atoms with van der Waals surface area (Å²) in [6.45, 7) is 2.74. The van der Waals surface area contributed by atoms with E-state index in [4.69, 9.17) is 4.74 Å². The molecule has 0 radical (unpaired) electrons. The highest BCUT2D eigenvalue weighted by Crippen LogP contribution is 2.37. The third-order valence-corrected chi connectivity index (χ3v) is 4.24. The predicted octanol–water partition coefficient (Wildman–Crippen LogP) is 1.92. The molecule has 3 rings (SSSR count). The number of amides is 2. The van der Waals surface area contributed by atoms with Gasteiger partial charge in [0.05, 0.1) is 12.0 Å². The van der Waals surface area contributed by atoms with Crippen molar-refractivity contribution in [2.45, 2.75) is 38.2 Å². The molecule has 3 unspecified atom stereocenters. The summed E-state index contributed by atoms with van der Waals surface area (Å²) < 4.78 is 5.74. The van der Waals surface area contributed by atoms with Crippen molar-refractivity contribution in [3.05, 3.63) is 35.4 Å². The lowest BCUT2D eigenvalue weighted by Gasteiger charge is -2.33. The first-order chi connectivity index (χ1) is 9.65. The lowest BCUT2D eigenvalue weighted by Crippen LogP contribution is -2.47. The fraction of sp³-hybridized carbons (Fsp3) is 0.500. The molecule has 0 aromatic heterocycles. The highest BCUT2D eigenvalue weighted by Gasteiger charge is 2.42. The minimum absolute atomic E-state index is 0.0236. The van der Waals surface area contributed by atoms with Gasteiger partial charge in [0.1, 0.15) is 0 Å². The second kappa shape index (κ2) is 5.37. The van der Waals surface area contributed by atoms with Crippen molar-refractivity contribution >= 4 is 11.8 Å². The van der Waals surface area contributed by atoms with Crippen LogP contribution in [-0.4, -0.2) is 24.5 Å². The van der Waals surface area contributed by atoms with Crippen molar-refractivity contribution in [1.82, 2.24) is 5.32 Å². The highest BCUT2D eigenvalue weighted by molar-refractivity contribution is 6.01. The minimum Gasteiger partial charge on any atom is -0.378 e. The Morgan fingerprint density at radius 3 is 2.85 bits per heavy atom. The Hall–Kier alpha value is -1.68. The normalized spacial score (nSPS) is 30.4. The van der Waals surface area contributed by atoms with E-state index in [9.17, 15) is 9.59 Å². The summed E-state index contributed by atoms with van der Waals surface area (Å²) in [5.41, 5.74) is 2.11. The molecule has 0 bridgehead atoms. The maximum absolute atomic E-state index is 12.3. The van der Waals surface area contributed by atoms with E-state index in [2.05, 4.69) is 5.32 Å². The van der Waals surface area contributed by atoms with E-state index < -0.39 is 0 Å². The SMILES string of the molecule is Cc1cccc(C2C(=O)NC(=O)CC2C2CCCO2)c1. The zero-order valence-corrected chi connectivity index (χ0v) is 11.6. The Kier molecular flexibility index (Phi) is 3.57. The molecular formula is C16H19NO3. The molecule has 3 atom stereocenters. The molecule has 1 aromatic rings. The molecule has 2 fully saturated rings. The zero-order valence-electron chi connectivity index (χ0n) is 11.6. The number of imide groups is 1. The number of hydrogen-bond acceptors (Lipinski definition) is 3. The van der Waals surface area contributed by atoms with Crippen molar-refractivity contribution in [2.24, 2.45) is 5.92 Å². The summed E-state index contributed by atoms with van der Waals surface area (Å²) in [5.74, 6) is -0.692. The number of rotatable bonds is 2. The van der Waals surface area contributed by atoms with Gasteiger partial charge < -0.3 is 4.74 Å². The number of aryl methyl sites for hydroxylation is 1. The van der Waals surface area contributed by atoms with E-state index in [0.717, 1.165) is 30.6 Å². The third-order valence-electron chi connectivity index (χ3n) is 4.24. The molecule has 1 aromatic carbocycles. The largest absolute Gasteiger partial charge is 0.378 e. The van der Waals surface area contributed by atoms with Gasteiger partial charge in [-0.05, 0) is 25.3 Å². The van der Waals surface area contributed by atoms with Crippen LogP contribution in [0.15, 0.2) is 24.3 Å². The van der Waals surface area contributed by atoms with Crippen molar-refractivity contribution in [2.75, 3.05) is 6.61 Å². The molecule has 0 aliphatic carbocycles. The number of nitrogens with one attached hydrogen (secondary N) is 1. The fourth-order valence-electron chi connectivity index (χ4n) is 3.34. The number of hydrogen-bond donors (Lipinski definition) is 1. The van der Waals surface area contributed by atoms with E-state index in [-0.39, 0.29) is 29.8 Å². The van der Waals surface area contributed by atoms with Crippen LogP contribution in [0.2, 0.25) is 0 Å². The minimum atomic E-state index is -0.282. The van der Waals surface area contributed by atoms with E-state index in [1.54, 1.807) is 0 Å². The van der Waals surface area contributed by atoms with Gasteiger partial charge in [-0.2, -0.15) is 0 Å². The number of ether oxygens (including phenoxy) is 1. The average molecular weight is 273 g/mol. The summed E-state index contributed by atoms with van der Waals surface area (Å²) >= 11 is 0. The average Bonchev–Trinajstić information content (AvgIpc) is 2.91. The lowest BCUT2D eigenvalue weighted by molar-refractivity contribution is -0.138. The Morgan fingerprint density at radius 1 is 1.30 bits per heavy atom. The van der Waals surface area contributed by atoms with Gasteiger partial charge in [-0.25, -0.2) is 0 Å². The van der Waals surface area contributed by atoms with E-state index >= 15 is 0 Å². The van der Waals surface area contributed by atoms with Gasteiger partial charge in [-0.1, -0.05) is 29.8 Å². The van der Waals surface area contributed by atoms with E-state index in [0.29, 0.717) is 6.42 Å². The first-order valence-electron chi connectivity index (χ1n) is 7.17. The number of piperidine rings is 1. The molecule has 2 heterocycles. The standard InChI is InChI=1S/C16H19NO3/c1-10-4-2-5-11(8-10)15-12(13-6-3-7-20-13)9-14(18)17-16(15)19/h2,4-5,8,12-13,15H,3,6-7,9H2,1H3,(H,17,18,19). The second-order valence-corrected chi connectivity index (χ2v) is 5.72. The monoisotopic (exact) mass is 273 g/mol. The maximum atomic E-state index is 12.3. The van der Waals surface area contributed by atoms with Crippen LogP contribution in [0.3, 0.4) is 0 Å². The third kappa shape index (κ3) is 2.48. The first kappa shape index (κ1) is 13.3. The Morgan fingerprint density at radius 2 is 2.15 bits per heavy atom. The lowest BCUT2D eigenvalue weighted by atomic mass is 9.76. The first-order valence-corrected chi connectivity index (χ1v) is 7.17. The molecule has 0 spiro atoms. The summed E-state index contributed by atoms with van der Waals surface area (Å²) in [7, 11) is 0. The summed E-state index contributed by atoms with van der Waals surface area (Å²) in [5, 5.41) is 2.47. The van der Waals surface area contributed by atoms with Gasteiger partial charge in [-0.3, -0.25) is 14.9 Å². The van der Waals surface area contributed by atoms with Gasteiger partial charge >= 0.3 is 0 Å². The smallest absolute Gasteiger partial charge is 0.234 e. The van der Waals surface area contributed by atoms with Crippen molar-refractivity contribution in [3.8, 4) is 0 Å². The molecular weight excluding hydrogens is 254 g/mol. The van der Waals surface area contributed by atoms with Crippen LogP contribution in [0, 0.1) is 12.8 Å². The highest BCUT2D eigenvalue weighted by atomic mass is 16.5. The van der Waals surface area contributed by atoms with E-state index in [1.165, 1.54) is 0 Å². The molecule has 4 heteroatoms. The fourth-order valence-corrected chi connectivity index (χ4v) is 3.34. The molecule has 4 nitrogen and oxygen atoms in total. The van der Waals surface area contributed by atoms with Crippen LogP contribution in [0.1, 0.15) is 36.3 Å². The van der Waals surface area contributed by atoms with Crippen LogP contribution < -0.4 is 5.32 Å². The van der Waals surface area contributed by atoms with Crippen molar-refractivity contribution in [3.63, 3.8) is 0 Å². The van der Waals surface area contributed by atoms with Crippen LogP contribution >= 0.6 is 0 Å². The molecule has 2 saturated heterocycles. The van der Waals surface area contributed by atoms with E-state index in [1.807, 2.05) is 31.2 Å². The van der Waals surface area contributed by atoms with Gasteiger partial charge in [0, 0.05) is 18.9 Å². The zero-order chi connectivity index (χ0) is 14.1. The Balaban J connectivity index is 1.94. The molecule has 2 amide bonds. The van der Waals surface area contributed by atoms with Crippen molar-refractivity contribution in [1.29, 1.82) is 0 Å². The molecule has 2 aliphatic rings. The van der Waals surface area contributed by atoms with Gasteiger partial charge in [0.15, 0.2) is 0 Å². The summed E-state index contributed by atoms with van der Waals surface area (Å²) in [4.78, 5) is 24.0. The van der Waals surface area contributed by atoms with Crippen LogP contribution in [0.5, 0.6) is 0 Å². The van der Waals surface area contributed by atoms with Crippen molar-refractivity contribution < 1.29 is 14.3 Å². The topological polar surface area (TPSA) is 55.4 Å². The van der Waals surface area contributed by atoms with Crippen LogP contribution in [-0.2, 0) is 14.3 Å². The summed E-state index contributed by atoms with van der Waals surface area (Å²) in [6, 6.07) is 7.97. The predicted molar refractivity (Wildman–Crippen MR) is 74.2 cm³/mol. The molecule has 0 saturated carbocycles. The maximum Gasteiger partial charge on any atom is 0.234 e. The quantitative estimate of drug-likeness (QED) is 0.838. The second-order valence-electron chi connectivity index (χ2n) is 5.72. The molecule has 20 heavy (non-hydrogen) atoms. The molecule has 2 aliphatic heterocycles. The number of benzene rings is 1.